The van der Waals surface area contributed by atoms with Gasteiger partial charge in [0.1, 0.15) is 11.3 Å². The van der Waals surface area contributed by atoms with Gasteiger partial charge in [-0.05, 0) is 32.4 Å². The van der Waals surface area contributed by atoms with Crippen molar-refractivity contribution in [1.29, 1.82) is 0 Å². The van der Waals surface area contributed by atoms with E-state index < -0.39 is 17.7 Å². The lowest BCUT2D eigenvalue weighted by Gasteiger charge is -2.23. The second-order valence-electron chi connectivity index (χ2n) is 8.61. The van der Waals surface area contributed by atoms with Gasteiger partial charge in [0.25, 0.3) is 5.91 Å². The van der Waals surface area contributed by atoms with E-state index in [0.717, 1.165) is 16.5 Å². The molecule has 0 bridgehead atoms. The summed E-state index contributed by atoms with van der Waals surface area (Å²) in [5.41, 5.74) is 2.85. The van der Waals surface area contributed by atoms with Crippen LogP contribution in [0.2, 0.25) is 0 Å². The Morgan fingerprint density at radius 2 is 1.85 bits per heavy atom. The summed E-state index contributed by atoms with van der Waals surface area (Å²) in [5.74, 6) is -0.289. The van der Waals surface area contributed by atoms with Gasteiger partial charge in [0, 0.05) is 23.7 Å². The van der Waals surface area contributed by atoms with Crippen molar-refractivity contribution in [1.82, 2.24) is 37.2 Å². The van der Waals surface area contributed by atoms with Gasteiger partial charge in [-0.15, -0.1) is 0 Å². The van der Waals surface area contributed by atoms with Gasteiger partial charge in [-0.1, -0.05) is 42.5 Å². The molecule has 0 aliphatic rings. The van der Waals surface area contributed by atoms with Gasteiger partial charge in [-0.3, -0.25) is 15.0 Å². The number of amides is 2. The van der Waals surface area contributed by atoms with Crippen LogP contribution >= 0.6 is 0 Å². The molecule has 2 aromatic heterocycles. The molecule has 7 N–H and O–H groups in total. The molecule has 0 unspecified atom stereocenters. The number of carbonyl (C=O) groups is 2. The van der Waals surface area contributed by atoms with Gasteiger partial charge in [0.05, 0.1) is 23.3 Å². The Morgan fingerprint density at radius 1 is 1.09 bits per heavy atom. The molecule has 0 saturated heterocycles. The van der Waals surface area contributed by atoms with Crippen molar-refractivity contribution < 1.29 is 14.3 Å². The minimum Gasteiger partial charge on any atom is -0.444 e. The number of aromatic amines is 2. The maximum absolute atomic E-state index is 13.3. The zero-order valence-electron chi connectivity index (χ0n) is 19.4. The number of nitrogens with zero attached hydrogens (tertiary/aromatic N) is 2. The third-order valence-corrected chi connectivity index (χ3v) is 4.97. The number of rotatable bonds is 6. The summed E-state index contributed by atoms with van der Waals surface area (Å²) >= 11 is 0. The van der Waals surface area contributed by atoms with Crippen molar-refractivity contribution >= 4 is 22.9 Å². The van der Waals surface area contributed by atoms with Crippen molar-refractivity contribution in [3.8, 4) is 11.3 Å². The van der Waals surface area contributed by atoms with Crippen LogP contribution in [-0.4, -0.2) is 44.5 Å². The summed E-state index contributed by atoms with van der Waals surface area (Å²) in [5, 5.41) is 20.7. The molecule has 0 saturated carbocycles. The molecule has 10 nitrogen and oxygen atoms in total. The summed E-state index contributed by atoms with van der Waals surface area (Å²) in [7, 11) is 0. The second kappa shape index (κ2) is 10.2. The van der Waals surface area contributed by atoms with Crippen LogP contribution in [0.5, 0.6) is 0 Å². The van der Waals surface area contributed by atoms with E-state index in [2.05, 4.69) is 31.0 Å². The van der Waals surface area contributed by atoms with E-state index >= 15 is 0 Å². The topological polar surface area (TPSA) is 160 Å². The monoisotopic (exact) mass is 463 g/mol. The molecule has 0 fully saturated rings. The molecular formula is C24H29N7O3. The van der Waals surface area contributed by atoms with Gasteiger partial charge < -0.3 is 21.5 Å². The fraction of sp³-hybridized carbons (Fsp3) is 0.250. The van der Waals surface area contributed by atoms with E-state index in [1.54, 1.807) is 39.2 Å². The number of para-hydroxylation sites is 1. The average Bonchev–Trinajstić information content (AvgIpc) is 3.45. The first-order valence-corrected chi connectivity index (χ1v) is 10.6. The fourth-order valence-electron chi connectivity index (χ4n) is 3.50. The van der Waals surface area contributed by atoms with Crippen molar-refractivity contribution in [2.24, 2.45) is 0 Å². The number of benzene rings is 2. The van der Waals surface area contributed by atoms with Crippen molar-refractivity contribution in [2.45, 2.75) is 32.4 Å². The SMILES string of the molecule is CC(C)(C)OC(=O)NC[C@@H](NC(=O)c1cccc2c(-c3cn[nH]c3)n[nH]c12)c1ccccc1.N. The van der Waals surface area contributed by atoms with Crippen LogP contribution in [-0.2, 0) is 4.74 Å². The van der Waals surface area contributed by atoms with Gasteiger partial charge in [0.2, 0.25) is 0 Å². The Hall–Kier alpha value is -4.18. The largest absolute Gasteiger partial charge is 0.444 e. The molecule has 4 rings (SSSR count). The van der Waals surface area contributed by atoms with E-state index in [1.807, 2.05) is 42.5 Å². The first-order valence-electron chi connectivity index (χ1n) is 10.6. The van der Waals surface area contributed by atoms with Crippen LogP contribution in [0, 0.1) is 0 Å². The maximum atomic E-state index is 13.3. The van der Waals surface area contributed by atoms with Gasteiger partial charge in [-0.25, -0.2) is 4.79 Å². The molecule has 0 spiro atoms. The zero-order valence-corrected chi connectivity index (χ0v) is 19.4. The lowest BCUT2D eigenvalue weighted by molar-refractivity contribution is 0.0520. The minimum atomic E-state index is -0.613. The Labute approximate surface area is 197 Å². The van der Waals surface area contributed by atoms with Crippen LogP contribution in [0.25, 0.3) is 22.2 Å². The number of nitrogens with one attached hydrogen (secondary N) is 4. The molecule has 2 amide bonds. The highest BCUT2D eigenvalue weighted by Gasteiger charge is 2.22. The van der Waals surface area contributed by atoms with Crippen LogP contribution < -0.4 is 16.8 Å². The number of hydrogen-bond acceptors (Lipinski definition) is 6. The Morgan fingerprint density at radius 3 is 2.53 bits per heavy atom. The quantitative estimate of drug-likeness (QED) is 0.289. The van der Waals surface area contributed by atoms with Gasteiger partial charge in [0.15, 0.2) is 0 Å². The first kappa shape index (κ1) is 24.5. The van der Waals surface area contributed by atoms with E-state index in [4.69, 9.17) is 4.74 Å². The highest BCUT2D eigenvalue weighted by atomic mass is 16.6. The standard InChI is InChI=1S/C24H26N6O3.H3N/c1-24(2,3)33-23(32)25-14-19(15-8-5-4-6-9-15)28-22(31)18-11-7-10-17-20(29-30-21(17)18)16-12-26-27-13-16;/h4-13,19H,14H2,1-3H3,(H,25,32)(H,26,27)(H,28,31)(H,29,30);1H3/t19-;/m1./s1. The molecule has 2 heterocycles. The Kier molecular flexibility index (Phi) is 7.32. The van der Waals surface area contributed by atoms with Crippen molar-refractivity contribution in [3.05, 3.63) is 72.1 Å². The molecule has 0 aliphatic heterocycles. The molecule has 10 heteroatoms. The average molecular weight is 464 g/mol. The lowest BCUT2D eigenvalue weighted by atomic mass is 10.0. The van der Waals surface area contributed by atoms with Crippen LogP contribution in [0.4, 0.5) is 4.79 Å². The summed E-state index contributed by atoms with van der Waals surface area (Å²) in [4.78, 5) is 25.5. The number of aromatic nitrogens is 4. The number of alkyl carbamates (subject to hydrolysis) is 1. The van der Waals surface area contributed by atoms with Crippen molar-refractivity contribution in [2.75, 3.05) is 6.54 Å². The number of carbonyl (C=O) groups excluding carboxylic acids is 2. The highest BCUT2D eigenvalue weighted by molar-refractivity contribution is 6.08. The Balaban J connectivity index is 0.00000324. The third-order valence-electron chi connectivity index (χ3n) is 4.97. The fourth-order valence-corrected chi connectivity index (χ4v) is 3.50. The predicted octanol–water partition coefficient (Wildman–Crippen LogP) is 4.11. The van der Waals surface area contributed by atoms with Crippen LogP contribution in [0.1, 0.15) is 42.7 Å². The predicted molar refractivity (Wildman–Crippen MR) is 130 cm³/mol. The molecule has 1 atom stereocenters. The molecular weight excluding hydrogens is 434 g/mol. The molecule has 0 aliphatic carbocycles. The normalized spacial score (nSPS) is 12.0. The van der Waals surface area contributed by atoms with Crippen LogP contribution in [0.15, 0.2) is 60.9 Å². The summed E-state index contributed by atoms with van der Waals surface area (Å²) < 4.78 is 5.33. The molecule has 2 aromatic carbocycles. The number of H-pyrrole nitrogens is 2. The minimum absolute atomic E-state index is 0. The summed E-state index contributed by atoms with van der Waals surface area (Å²) in [6.45, 7) is 5.56. The smallest absolute Gasteiger partial charge is 0.407 e. The molecule has 4 aromatic rings. The van der Waals surface area contributed by atoms with Crippen LogP contribution in [0.3, 0.4) is 0 Å². The summed E-state index contributed by atoms with van der Waals surface area (Å²) in [6, 6.07) is 14.4. The Bertz CT molecular complexity index is 1240. The molecule has 0 radical (unpaired) electrons. The first-order chi connectivity index (χ1) is 15.8. The lowest BCUT2D eigenvalue weighted by Crippen LogP contribution is -2.40. The van der Waals surface area contributed by atoms with Gasteiger partial charge >= 0.3 is 6.09 Å². The van der Waals surface area contributed by atoms with E-state index in [1.165, 1.54) is 0 Å². The van der Waals surface area contributed by atoms with E-state index in [9.17, 15) is 9.59 Å². The third kappa shape index (κ3) is 5.59. The molecule has 34 heavy (non-hydrogen) atoms. The van der Waals surface area contributed by atoms with Crippen molar-refractivity contribution in [3.63, 3.8) is 0 Å². The summed E-state index contributed by atoms with van der Waals surface area (Å²) in [6.07, 6.45) is 2.88. The molecule has 178 valence electrons. The van der Waals surface area contributed by atoms with E-state index in [0.29, 0.717) is 16.8 Å². The van der Waals surface area contributed by atoms with Gasteiger partial charge in [-0.2, -0.15) is 10.2 Å². The maximum Gasteiger partial charge on any atom is 0.407 e. The highest BCUT2D eigenvalue weighted by Crippen LogP contribution is 2.27. The van der Waals surface area contributed by atoms with E-state index in [-0.39, 0.29) is 18.6 Å². The number of hydrogen-bond donors (Lipinski definition) is 5. The number of fused-ring (bicyclic) bond motifs is 1. The zero-order chi connectivity index (χ0) is 23.4. The number of ether oxygens (including phenoxy) is 1. The second-order valence-corrected chi connectivity index (χ2v) is 8.61.